The number of hydrogen-bond donors (Lipinski definition) is 0. The first kappa shape index (κ1) is 18.6. The van der Waals surface area contributed by atoms with Crippen LogP contribution in [-0.2, 0) is 17.8 Å². The molecule has 1 fully saturated rings. The number of piperazine rings is 1. The minimum atomic E-state index is -0.0281. The second kappa shape index (κ2) is 8.12. The zero-order chi connectivity index (χ0) is 19.5. The van der Waals surface area contributed by atoms with Crippen LogP contribution in [0.3, 0.4) is 0 Å². The van der Waals surface area contributed by atoms with Crippen molar-refractivity contribution in [2.75, 3.05) is 44.8 Å². The molecule has 1 aliphatic heterocycles. The molecule has 4 rings (SSSR count). The van der Waals surface area contributed by atoms with Gasteiger partial charge in [0.2, 0.25) is 5.89 Å². The van der Waals surface area contributed by atoms with Gasteiger partial charge in [-0.1, -0.05) is 0 Å². The van der Waals surface area contributed by atoms with Gasteiger partial charge in [0, 0.05) is 39.0 Å². The number of aromatic nitrogens is 3. The molecule has 1 aromatic carbocycles. The second-order valence-electron chi connectivity index (χ2n) is 7.07. The minimum absolute atomic E-state index is 0.0281. The van der Waals surface area contributed by atoms with Gasteiger partial charge in [0.25, 0.3) is 5.56 Å². The van der Waals surface area contributed by atoms with Crippen LogP contribution in [0.25, 0.3) is 10.9 Å². The third kappa shape index (κ3) is 3.93. The van der Waals surface area contributed by atoms with Crippen LogP contribution in [-0.4, -0.2) is 59.3 Å². The number of benzene rings is 1. The predicted molar refractivity (Wildman–Crippen MR) is 107 cm³/mol. The van der Waals surface area contributed by atoms with Gasteiger partial charge in [-0.15, -0.1) is 0 Å². The average Bonchev–Trinajstić information content (AvgIpc) is 3.12. The normalized spacial score (nSPS) is 15.4. The van der Waals surface area contributed by atoms with Gasteiger partial charge in [-0.3, -0.25) is 14.3 Å². The largest absolute Gasteiger partial charge is 0.445 e. The number of methoxy groups -OCH3 is 1. The topological polar surface area (TPSA) is 76.6 Å². The molecule has 2 aromatic heterocycles. The fraction of sp³-hybridized carbons (Fsp3) is 0.450. The monoisotopic (exact) mass is 383 g/mol. The van der Waals surface area contributed by atoms with Crippen LogP contribution in [0, 0.1) is 6.92 Å². The second-order valence-corrected chi connectivity index (χ2v) is 7.07. The molecule has 3 aromatic rings. The lowest BCUT2D eigenvalue weighted by atomic mass is 10.2. The number of oxazole rings is 1. The fourth-order valence-corrected chi connectivity index (χ4v) is 3.52. The highest BCUT2D eigenvalue weighted by molar-refractivity contribution is 5.81. The Kier molecular flexibility index (Phi) is 5.40. The summed E-state index contributed by atoms with van der Waals surface area (Å²) in [7, 11) is 1.62. The number of rotatable bonds is 6. The van der Waals surface area contributed by atoms with Crippen molar-refractivity contribution in [3.63, 3.8) is 0 Å². The van der Waals surface area contributed by atoms with Crippen molar-refractivity contribution >= 4 is 16.6 Å². The summed E-state index contributed by atoms with van der Waals surface area (Å²) in [5.41, 5.74) is 1.80. The van der Waals surface area contributed by atoms with Crippen molar-refractivity contribution in [3.8, 4) is 0 Å². The molecule has 0 radical (unpaired) electrons. The van der Waals surface area contributed by atoms with Gasteiger partial charge in [0.15, 0.2) is 0 Å². The summed E-state index contributed by atoms with van der Waals surface area (Å²) in [5, 5.41) is 0.639. The van der Waals surface area contributed by atoms with Gasteiger partial charge in [-0.25, -0.2) is 9.97 Å². The van der Waals surface area contributed by atoms with E-state index in [2.05, 4.69) is 19.8 Å². The average molecular weight is 383 g/mol. The molecule has 0 bridgehead atoms. The first-order valence-electron chi connectivity index (χ1n) is 9.51. The Morgan fingerprint density at radius 1 is 1.18 bits per heavy atom. The number of hydrogen-bond acceptors (Lipinski definition) is 7. The van der Waals surface area contributed by atoms with Gasteiger partial charge in [-0.05, 0) is 25.1 Å². The third-order valence-corrected chi connectivity index (χ3v) is 5.11. The Labute approximate surface area is 163 Å². The Bertz CT molecular complexity index is 1000. The molecule has 0 atom stereocenters. The van der Waals surface area contributed by atoms with Crippen molar-refractivity contribution in [1.29, 1.82) is 0 Å². The van der Waals surface area contributed by atoms with Gasteiger partial charge >= 0.3 is 0 Å². The lowest BCUT2D eigenvalue weighted by molar-refractivity contribution is 0.186. The van der Waals surface area contributed by atoms with E-state index in [1.807, 2.05) is 25.1 Å². The van der Waals surface area contributed by atoms with E-state index in [0.29, 0.717) is 18.5 Å². The molecular weight excluding hydrogens is 358 g/mol. The third-order valence-electron chi connectivity index (χ3n) is 5.11. The number of aryl methyl sites for hydroxylation is 1. The highest BCUT2D eigenvalue weighted by Crippen LogP contribution is 2.21. The summed E-state index contributed by atoms with van der Waals surface area (Å²) < 4.78 is 12.2. The molecule has 1 saturated heterocycles. The first-order valence-corrected chi connectivity index (χ1v) is 9.51. The molecule has 8 heteroatoms. The quantitative estimate of drug-likeness (QED) is 0.641. The van der Waals surface area contributed by atoms with E-state index in [1.165, 1.54) is 0 Å². The number of anilines is 1. The van der Waals surface area contributed by atoms with E-state index in [0.717, 1.165) is 55.6 Å². The lowest BCUT2D eigenvalue weighted by Crippen LogP contribution is -2.46. The molecule has 0 N–H and O–H groups in total. The molecular formula is C20H25N5O3. The van der Waals surface area contributed by atoms with Gasteiger partial charge in [0.05, 0.1) is 43.1 Å². The maximum Gasteiger partial charge on any atom is 0.261 e. The van der Waals surface area contributed by atoms with Gasteiger partial charge < -0.3 is 14.1 Å². The smallest absolute Gasteiger partial charge is 0.261 e. The summed E-state index contributed by atoms with van der Waals surface area (Å²) in [6.07, 6.45) is 3.36. The van der Waals surface area contributed by atoms with Crippen molar-refractivity contribution in [2.24, 2.45) is 0 Å². The molecule has 1 aliphatic rings. The number of ether oxygens (including phenoxy) is 1. The summed E-state index contributed by atoms with van der Waals surface area (Å²) in [6, 6.07) is 5.90. The zero-order valence-corrected chi connectivity index (χ0v) is 16.3. The van der Waals surface area contributed by atoms with E-state index in [9.17, 15) is 4.79 Å². The van der Waals surface area contributed by atoms with E-state index < -0.39 is 0 Å². The summed E-state index contributed by atoms with van der Waals surface area (Å²) in [6.45, 7) is 7.34. The lowest BCUT2D eigenvalue weighted by Gasteiger charge is -2.35. The Balaban J connectivity index is 1.44. The molecule has 0 aliphatic carbocycles. The molecule has 148 valence electrons. The number of fused-ring (bicyclic) bond motifs is 1. The predicted octanol–water partition coefficient (Wildman–Crippen LogP) is 1.66. The van der Waals surface area contributed by atoms with Gasteiger partial charge in [-0.2, -0.15) is 0 Å². The van der Waals surface area contributed by atoms with E-state index >= 15 is 0 Å². The van der Waals surface area contributed by atoms with Crippen molar-refractivity contribution in [3.05, 3.63) is 52.7 Å². The molecule has 8 nitrogen and oxygen atoms in total. The molecule has 0 spiro atoms. The summed E-state index contributed by atoms with van der Waals surface area (Å²) >= 11 is 0. The fourth-order valence-electron chi connectivity index (χ4n) is 3.52. The number of nitrogens with zero attached hydrogens (tertiary/aromatic N) is 5. The molecule has 0 saturated carbocycles. The van der Waals surface area contributed by atoms with Crippen molar-refractivity contribution < 1.29 is 9.15 Å². The Hall–Kier alpha value is -2.71. The standard InChI is InChI=1S/C20H25N5O3/c1-15-12-21-19(28-15)13-23-5-7-24(8-6-23)16-3-4-17-18(11-16)22-14-25(20(17)26)9-10-27-2/h3-4,11-12,14H,5-10,13H2,1-2H3. The van der Waals surface area contributed by atoms with Crippen LogP contribution in [0.4, 0.5) is 5.69 Å². The van der Waals surface area contributed by atoms with Crippen molar-refractivity contribution in [2.45, 2.75) is 20.0 Å². The Morgan fingerprint density at radius 3 is 2.71 bits per heavy atom. The first-order chi connectivity index (χ1) is 13.6. The van der Waals surface area contributed by atoms with Crippen molar-refractivity contribution in [1.82, 2.24) is 19.4 Å². The maximum atomic E-state index is 12.6. The highest BCUT2D eigenvalue weighted by Gasteiger charge is 2.19. The summed E-state index contributed by atoms with van der Waals surface area (Å²) in [4.78, 5) is 26.0. The maximum absolute atomic E-state index is 12.6. The highest BCUT2D eigenvalue weighted by atomic mass is 16.5. The molecule has 0 unspecified atom stereocenters. The SMILES string of the molecule is COCCn1cnc2cc(N3CCN(Cc4ncc(C)o4)CC3)ccc2c1=O. The van der Waals surface area contributed by atoms with Crippen LogP contribution in [0.15, 0.2) is 39.9 Å². The van der Waals surface area contributed by atoms with Crippen LogP contribution in [0.5, 0.6) is 0 Å². The van der Waals surface area contributed by atoms with Crippen LogP contribution >= 0.6 is 0 Å². The van der Waals surface area contributed by atoms with E-state index in [-0.39, 0.29) is 5.56 Å². The summed E-state index contributed by atoms with van der Waals surface area (Å²) in [5.74, 6) is 1.61. The van der Waals surface area contributed by atoms with Crippen LogP contribution in [0.2, 0.25) is 0 Å². The Morgan fingerprint density at radius 2 is 2.00 bits per heavy atom. The van der Waals surface area contributed by atoms with Crippen LogP contribution < -0.4 is 10.5 Å². The minimum Gasteiger partial charge on any atom is -0.445 e. The molecule has 0 amide bonds. The van der Waals surface area contributed by atoms with Crippen LogP contribution in [0.1, 0.15) is 11.7 Å². The van der Waals surface area contributed by atoms with E-state index in [4.69, 9.17) is 9.15 Å². The van der Waals surface area contributed by atoms with E-state index in [1.54, 1.807) is 24.2 Å². The molecule has 3 heterocycles. The zero-order valence-electron chi connectivity index (χ0n) is 16.3. The van der Waals surface area contributed by atoms with Gasteiger partial charge in [0.1, 0.15) is 5.76 Å². The molecule has 28 heavy (non-hydrogen) atoms.